The first-order valence-corrected chi connectivity index (χ1v) is 8.71. The van der Waals surface area contributed by atoms with Gasteiger partial charge in [0.05, 0.1) is 11.0 Å². The Morgan fingerprint density at radius 3 is 2.39 bits per heavy atom. The average Bonchev–Trinajstić information content (AvgIpc) is 3.00. The van der Waals surface area contributed by atoms with Crippen LogP contribution in [0.5, 0.6) is 5.75 Å². The van der Waals surface area contributed by atoms with Crippen LogP contribution in [0.3, 0.4) is 0 Å². The summed E-state index contributed by atoms with van der Waals surface area (Å²) < 4.78 is 70.1. The lowest BCUT2D eigenvalue weighted by molar-refractivity contribution is -0.274. The number of fused-ring (bicyclic) bond motifs is 1. The zero-order valence-electron chi connectivity index (χ0n) is 15.7. The van der Waals surface area contributed by atoms with Crippen molar-refractivity contribution < 1.29 is 26.7 Å². The lowest BCUT2D eigenvalue weighted by atomic mass is 10.3. The Hall–Kier alpha value is -3.96. The van der Waals surface area contributed by atoms with Crippen LogP contribution in [-0.2, 0) is 0 Å². The third-order valence-corrected chi connectivity index (χ3v) is 4.20. The van der Waals surface area contributed by atoms with Gasteiger partial charge in [-0.1, -0.05) is 0 Å². The molecule has 0 bridgehead atoms. The summed E-state index contributed by atoms with van der Waals surface area (Å²) >= 11 is 0. The number of benzene rings is 2. The third-order valence-electron chi connectivity index (χ3n) is 4.20. The standard InChI is InChI=1S/C19H13F5N6O/c1-9-26-13-8-10(20)2-7-14(13)30(9)18-28-16(25)15(21)17(29-18)27-11-3-5-12(6-4-11)31-19(22,23)24/h2-8H,1H3,(H3,25,27,28,29). The van der Waals surface area contributed by atoms with Crippen LogP contribution in [0.1, 0.15) is 5.82 Å². The van der Waals surface area contributed by atoms with Crippen LogP contribution in [0.15, 0.2) is 42.5 Å². The molecule has 31 heavy (non-hydrogen) atoms. The summed E-state index contributed by atoms with van der Waals surface area (Å²) in [5.74, 6) is -2.25. The van der Waals surface area contributed by atoms with Crippen molar-refractivity contribution in [1.29, 1.82) is 0 Å². The first-order chi connectivity index (χ1) is 14.6. The molecule has 4 rings (SSSR count). The zero-order chi connectivity index (χ0) is 22.3. The number of ether oxygens (including phenoxy) is 1. The fraction of sp³-hybridized carbons (Fsp3) is 0.105. The summed E-state index contributed by atoms with van der Waals surface area (Å²) in [5.41, 5.74) is 6.74. The van der Waals surface area contributed by atoms with Crippen LogP contribution < -0.4 is 15.8 Å². The van der Waals surface area contributed by atoms with E-state index in [4.69, 9.17) is 5.73 Å². The van der Waals surface area contributed by atoms with E-state index in [1.54, 1.807) is 6.92 Å². The number of rotatable bonds is 4. The Morgan fingerprint density at radius 1 is 1.00 bits per heavy atom. The van der Waals surface area contributed by atoms with E-state index in [0.29, 0.717) is 16.9 Å². The van der Waals surface area contributed by atoms with E-state index >= 15 is 0 Å². The van der Waals surface area contributed by atoms with Gasteiger partial charge in [0.2, 0.25) is 11.8 Å². The summed E-state index contributed by atoms with van der Waals surface area (Å²) in [6.45, 7) is 1.63. The number of alkyl halides is 3. The molecule has 7 nitrogen and oxygen atoms in total. The second kappa shape index (κ2) is 7.38. The number of halogens is 5. The number of hydrogen-bond donors (Lipinski definition) is 2. The number of imidazole rings is 1. The Balaban J connectivity index is 1.70. The summed E-state index contributed by atoms with van der Waals surface area (Å²) in [4.78, 5) is 12.3. The fourth-order valence-corrected chi connectivity index (χ4v) is 2.94. The van der Waals surface area contributed by atoms with Gasteiger partial charge in [0.1, 0.15) is 17.4 Å². The van der Waals surface area contributed by atoms with Crippen LogP contribution in [0.4, 0.5) is 39.3 Å². The van der Waals surface area contributed by atoms with Gasteiger partial charge in [0, 0.05) is 11.8 Å². The van der Waals surface area contributed by atoms with Gasteiger partial charge in [-0.2, -0.15) is 14.4 Å². The van der Waals surface area contributed by atoms with E-state index in [1.165, 1.54) is 34.9 Å². The fourth-order valence-electron chi connectivity index (χ4n) is 2.94. The molecule has 2 heterocycles. The largest absolute Gasteiger partial charge is 0.573 e. The molecular weight excluding hydrogens is 423 g/mol. The zero-order valence-corrected chi connectivity index (χ0v) is 15.7. The van der Waals surface area contributed by atoms with Gasteiger partial charge in [-0.3, -0.25) is 4.57 Å². The number of anilines is 3. The van der Waals surface area contributed by atoms with Gasteiger partial charge in [-0.15, -0.1) is 13.2 Å². The quantitative estimate of drug-likeness (QED) is 0.454. The minimum absolute atomic E-state index is 0.0231. The summed E-state index contributed by atoms with van der Waals surface area (Å²) in [5, 5.41) is 2.65. The molecule has 0 fully saturated rings. The molecule has 0 unspecified atom stereocenters. The maximum absolute atomic E-state index is 14.5. The number of nitrogens with one attached hydrogen (secondary N) is 1. The highest BCUT2D eigenvalue weighted by Crippen LogP contribution is 2.28. The van der Waals surface area contributed by atoms with E-state index < -0.39 is 29.6 Å². The number of nitrogens with zero attached hydrogens (tertiary/aromatic N) is 4. The van der Waals surface area contributed by atoms with Crippen LogP contribution in [0.25, 0.3) is 17.0 Å². The molecule has 0 amide bonds. The van der Waals surface area contributed by atoms with Crippen LogP contribution in [0, 0.1) is 18.6 Å². The number of hydrogen-bond acceptors (Lipinski definition) is 6. The monoisotopic (exact) mass is 436 g/mol. The van der Waals surface area contributed by atoms with Gasteiger partial charge >= 0.3 is 6.36 Å². The molecule has 0 saturated heterocycles. The topological polar surface area (TPSA) is 90.9 Å². The molecule has 2 aromatic heterocycles. The summed E-state index contributed by atoms with van der Waals surface area (Å²) in [6, 6.07) is 8.55. The molecule has 3 N–H and O–H groups in total. The highest BCUT2D eigenvalue weighted by Gasteiger charge is 2.31. The molecule has 0 saturated carbocycles. The van der Waals surface area contributed by atoms with Gasteiger partial charge in [-0.05, 0) is 43.3 Å². The second-order valence-electron chi connectivity index (χ2n) is 6.40. The first-order valence-electron chi connectivity index (χ1n) is 8.71. The van der Waals surface area contributed by atoms with Crippen molar-refractivity contribution >= 4 is 28.4 Å². The second-order valence-corrected chi connectivity index (χ2v) is 6.40. The predicted molar refractivity (Wildman–Crippen MR) is 102 cm³/mol. The normalized spacial score (nSPS) is 11.7. The molecule has 0 spiro atoms. The van der Waals surface area contributed by atoms with Crippen LogP contribution >= 0.6 is 0 Å². The van der Waals surface area contributed by atoms with Gasteiger partial charge in [0.25, 0.3) is 0 Å². The Kier molecular flexibility index (Phi) is 4.84. The van der Waals surface area contributed by atoms with E-state index in [2.05, 4.69) is 25.0 Å². The predicted octanol–water partition coefficient (Wildman–Crippen LogP) is 4.63. The summed E-state index contributed by atoms with van der Waals surface area (Å²) in [7, 11) is 0. The minimum atomic E-state index is -4.83. The van der Waals surface area contributed by atoms with Gasteiger partial charge < -0.3 is 15.8 Å². The lowest BCUT2D eigenvalue weighted by Crippen LogP contribution is -2.17. The molecule has 4 aromatic rings. The first kappa shape index (κ1) is 20.3. The molecule has 0 aliphatic rings. The van der Waals surface area contributed by atoms with Crippen LogP contribution in [0.2, 0.25) is 0 Å². The highest BCUT2D eigenvalue weighted by atomic mass is 19.4. The van der Waals surface area contributed by atoms with Gasteiger partial charge in [0.15, 0.2) is 11.6 Å². The van der Waals surface area contributed by atoms with Crippen molar-refractivity contribution in [2.75, 3.05) is 11.1 Å². The molecule has 0 atom stereocenters. The van der Waals surface area contributed by atoms with Crippen molar-refractivity contribution in [2.24, 2.45) is 0 Å². The SMILES string of the molecule is Cc1nc2cc(F)ccc2n1-c1nc(N)c(F)c(Nc2ccc(OC(F)(F)F)cc2)n1. The average molecular weight is 436 g/mol. The molecular formula is C19H13F5N6O. The van der Waals surface area contributed by atoms with E-state index in [9.17, 15) is 22.0 Å². The Labute approximate surface area is 171 Å². The van der Waals surface area contributed by atoms with E-state index in [1.807, 2.05) is 0 Å². The minimum Gasteiger partial charge on any atom is -0.406 e. The molecule has 0 aliphatic carbocycles. The highest BCUT2D eigenvalue weighted by molar-refractivity contribution is 5.78. The number of nitrogen functional groups attached to an aromatic ring is 1. The lowest BCUT2D eigenvalue weighted by Gasteiger charge is -2.13. The van der Waals surface area contributed by atoms with Crippen molar-refractivity contribution in [3.05, 3.63) is 59.9 Å². The van der Waals surface area contributed by atoms with Crippen molar-refractivity contribution in [2.45, 2.75) is 13.3 Å². The number of aromatic nitrogens is 4. The molecule has 160 valence electrons. The summed E-state index contributed by atoms with van der Waals surface area (Å²) in [6.07, 6.45) is -4.83. The van der Waals surface area contributed by atoms with Crippen molar-refractivity contribution in [1.82, 2.24) is 19.5 Å². The van der Waals surface area contributed by atoms with Gasteiger partial charge in [-0.25, -0.2) is 9.37 Å². The van der Waals surface area contributed by atoms with E-state index in [0.717, 1.165) is 12.1 Å². The number of aryl methyl sites for hydroxylation is 1. The van der Waals surface area contributed by atoms with Crippen molar-refractivity contribution in [3.63, 3.8) is 0 Å². The molecule has 2 aromatic carbocycles. The Morgan fingerprint density at radius 2 is 1.71 bits per heavy atom. The third kappa shape index (κ3) is 4.17. The number of nitrogens with two attached hydrogens (primary N) is 1. The molecule has 0 radical (unpaired) electrons. The molecule has 0 aliphatic heterocycles. The Bertz CT molecular complexity index is 1270. The maximum Gasteiger partial charge on any atom is 0.573 e. The van der Waals surface area contributed by atoms with E-state index in [-0.39, 0.29) is 17.5 Å². The smallest absolute Gasteiger partial charge is 0.406 e. The maximum atomic E-state index is 14.5. The van der Waals surface area contributed by atoms with Crippen molar-refractivity contribution in [3.8, 4) is 11.7 Å². The molecule has 12 heteroatoms. The van der Waals surface area contributed by atoms with Crippen LogP contribution in [-0.4, -0.2) is 25.9 Å².